The molecule has 0 amide bonds. The third-order valence-corrected chi connectivity index (χ3v) is 2.69. The van der Waals surface area contributed by atoms with Crippen molar-refractivity contribution in [3.63, 3.8) is 0 Å². The summed E-state index contributed by atoms with van der Waals surface area (Å²) in [5, 5.41) is 23.2. The molecule has 0 radical (unpaired) electrons. The number of aromatic hydroxyl groups is 1. The number of phenols is 1. The van der Waals surface area contributed by atoms with Gasteiger partial charge >= 0.3 is 35.5 Å². The van der Waals surface area contributed by atoms with Crippen LogP contribution in [0.25, 0.3) is 0 Å². The van der Waals surface area contributed by atoms with Crippen molar-refractivity contribution in [2.24, 2.45) is 0 Å². The van der Waals surface area contributed by atoms with Crippen LogP contribution < -0.4 is 40.0 Å². The van der Waals surface area contributed by atoms with Crippen molar-refractivity contribution in [1.82, 2.24) is 5.32 Å². The second-order valence-electron chi connectivity index (χ2n) is 4.54. The molecule has 0 bridgehead atoms. The molecule has 6 nitrogen and oxygen atoms in total. The number of rotatable bonds is 7. The number of nitrogens with one attached hydrogen (secondary N) is 1. The van der Waals surface area contributed by atoms with E-state index in [4.69, 9.17) is 4.74 Å². The summed E-state index contributed by atoms with van der Waals surface area (Å²) < 4.78 is 4.97. The van der Waals surface area contributed by atoms with Crippen LogP contribution in [0, 0.1) is 0 Å². The van der Waals surface area contributed by atoms with Crippen LogP contribution in [0.5, 0.6) is 5.75 Å². The smallest absolute Gasteiger partial charge is 0.550 e. The van der Waals surface area contributed by atoms with Gasteiger partial charge in [0.05, 0.1) is 6.61 Å². The van der Waals surface area contributed by atoms with Gasteiger partial charge in [0.2, 0.25) is 0 Å². The Morgan fingerprint density at radius 2 is 2.09 bits per heavy atom. The molecule has 0 aliphatic carbocycles. The van der Waals surface area contributed by atoms with E-state index < -0.39 is 18.0 Å². The molecule has 0 spiro atoms. The quantitative estimate of drug-likeness (QED) is 0.423. The van der Waals surface area contributed by atoms with E-state index in [0.29, 0.717) is 16.8 Å². The summed E-state index contributed by atoms with van der Waals surface area (Å²) in [4.78, 5) is 22.9. The van der Waals surface area contributed by atoms with Gasteiger partial charge in [0, 0.05) is 18.1 Å². The van der Waals surface area contributed by atoms with Gasteiger partial charge in [-0.2, -0.15) is 0 Å². The first kappa shape index (κ1) is 20.5. The zero-order chi connectivity index (χ0) is 16.0. The van der Waals surface area contributed by atoms with Gasteiger partial charge < -0.3 is 25.1 Å². The monoisotopic (exact) mass is 315 g/mol. The minimum atomic E-state index is -1.28. The minimum absolute atomic E-state index is 0. The number of carbonyl (C=O) groups excluding carboxylic acids is 2. The number of hydrogen-bond donors (Lipinski definition) is 2. The van der Waals surface area contributed by atoms with Gasteiger partial charge in [-0.05, 0) is 37.1 Å². The molecule has 2 N–H and O–H groups in total. The summed E-state index contributed by atoms with van der Waals surface area (Å²) in [6.07, 6.45) is -0.372. The molecular formula is C15H18NNaO5. The van der Waals surface area contributed by atoms with E-state index in [-0.39, 0.29) is 48.3 Å². The fourth-order valence-electron chi connectivity index (χ4n) is 1.90. The number of phenolic OH excluding ortho intramolecular Hbond substituents is 1. The number of hydrogen-bond acceptors (Lipinski definition) is 6. The number of carboxylic acid groups (broad SMARTS) is 1. The first-order valence-corrected chi connectivity index (χ1v) is 6.45. The number of esters is 1. The standard InChI is InChI=1S/C15H19NO5.Na/c1-4-21-15(20)14(16-9(2)3)12-8-11(17)6-5-10(12)7-13(18)19;/h5-6,8,14,16-17H,2,4,7H2,1,3H3,(H,18,19);/q;+1/p-1. The van der Waals surface area contributed by atoms with Gasteiger partial charge in [-0.25, -0.2) is 4.79 Å². The molecule has 22 heavy (non-hydrogen) atoms. The second kappa shape index (κ2) is 9.50. The summed E-state index contributed by atoms with van der Waals surface area (Å²) in [6, 6.07) is 3.18. The van der Waals surface area contributed by atoms with Gasteiger partial charge in [0.15, 0.2) is 6.04 Å². The van der Waals surface area contributed by atoms with E-state index >= 15 is 0 Å². The molecule has 0 aromatic heterocycles. The van der Waals surface area contributed by atoms with Crippen molar-refractivity contribution in [2.75, 3.05) is 6.61 Å². The molecular weight excluding hydrogens is 297 g/mol. The first-order chi connectivity index (χ1) is 9.85. The fourth-order valence-corrected chi connectivity index (χ4v) is 1.90. The fraction of sp³-hybridized carbons (Fsp3) is 0.333. The van der Waals surface area contributed by atoms with Crippen molar-refractivity contribution in [3.8, 4) is 5.75 Å². The largest absolute Gasteiger partial charge is 1.00 e. The number of allylic oxidation sites excluding steroid dienone is 1. The van der Waals surface area contributed by atoms with Crippen LogP contribution >= 0.6 is 0 Å². The van der Waals surface area contributed by atoms with E-state index in [1.807, 2.05) is 0 Å². The molecule has 1 aromatic carbocycles. The van der Waals surface area contributed by atoms with Gasteiger partial charge in [0.1, 0.15) is 5.75 Å². The molecule has 7 heteroatoms. The van der Waals surface area contributed by atoms with Crippen LogP contribution in [-0.2, 0) is 20.7 Å². The Bertz CT molecular complexity index is 559. The van der Waals surface area contributed by atoms with Gasteiger partial charge in [-0.1, -0.05) is 12.6 Å². The minimum Gasteiger partial charge on any atom is -0.550 e. The maximum absolute atomic E-state index is 12.1. The Kier molecular flexibility index (Phi) is 8.86. The van der Waals surface area contributed by atoms with E-state index in [1.54, 1.807) is 13.8 Å². The van der Waals surface area contributed by atoms with Crippen LogP contribution in [0.4, 0.5) is 0 Å². The number of carboxylic acids is 1. The molecule has 0 aliphatic rings. The summed E-state index contributed by atoms with van der Waals surface area (Å²) >= 11 is 0. The first-order valence-electron chi connectivity index (χ1n) is 6.45. The van der Waals surface area contributed by atoms with E-state index in [1.165, 1.54) is 18.2 Å². The van der Waals surface area contributed by atoms with E-state index in [2.05, 4.69) is 11.9 Å². The van der Waals surface area contributed by atoms with E-state index in [9.17, 15) is 19.8 Å². The Balaban J connectivity index is 0.00000441. The van der Waals surface area contributed by atoms with Crippen LogP contribution in [0.1, 0.15) is 31.0 Å². The zero-order valence-corrected chi connectivity index (χ0v) is 15.0. The predicted octanol–water partition coefficient (Wildman–Crippen LogP) is -2.58. The van der Waals surface area contributed by atoms with Crippen molar-refractivity contribution in [2.45, 2.75) is 26.3 Å². The van der Waals surface area contributed by atoms with E-state index in [0.717, 1.165) is 0 Å². The average molecular weight is 315 g/mol. The SMILES string of the molecule is C=C(C)NC(C(=O)OCC)c1cc(O)ccc1CC(=O)[O-].[Na+]. The summed E-state index contributed by atoms with van der Waals surface area (Å²) in [6.45, 7) is 7.18. The van der Waals surface area contributed by atoms with Crippen LogP contribution in [0.2, 0.25) is 0 Å². The maximum Gasteiger partial charge on any atom is 1.00 e. The third-order valence-electron chi connectivity index (χ3n) is 2.69. The summed E-state index contributed by atoms with van der Waals surface area (Å²) in [5.41, 5.74) is 1.19. The Morgan fingerprint density at radius 1 is 1.45 bits per heavy atom. The third kappa shape index (κ3) is 6.09. The van der Waals surface area contributed by atoms with Crippen LogP contribution in [-0.4, -0.2) is 23.7 Å². The predicted molar refractivity (Wildman–Crippen MR) is 74.1 cm³/mol. The Hall–Kier alpha value is -1.50. The molecule has 1 unspecified atom stereocenters. The van der Waals surface area contributed by atoms with Crippen molar-refractivity contribution in [3.05, 3.63) is 41.6 Å². The number of carbonyl (C=O) groups is 2. The number of aliphatic carboxylic acids is 1. The molecule has 1 atom stereocenters. The molecule has 1 aromatic rings. The average Bonchev–Trinajstić information content (AvgIpc) is 2.37. The van der Waals surface area contributed by atoms with Crippen LogP contribution in [0.15, 0.2) is 30.5 Å². The van der Waals surface area contributed by atoms with Crippen molar-refractivity contribution < 1.29 is 54.1 Å². The molecule has 0 heterocycles. The normalized spacial score (nSPS) is 11.0. The Morgan fingerprint density at radius 3 is 2.59 bits per heavy atom. The molecule has 0 saturated carbocycles. The van der Waals surface area contributed by atoms with Gasteiger partial charge in [-0.3, -0.25) is 0 Å². The molecule has 1 rings (SSSR count). The summed E-state index contributed by atoms with van der Waals surface area (Å²) in [5.74, 6) is -1.93. The van der Waals surface area contributed by atoms with Crippen molar-refractivity contribution >= 4 is 11.9 Å². The molecule has 0 aliphatic heterocycles. The molecule has 0 saturated heterocycles. The molecule has 0 fully saturated rings. The second-order valence-corrected chi connectivity index (χ2v) is 4.54. The number of benzene rings is 1. The zero-order valence-electron chi connectivity index (χ0n) is 13.0. The Labute approximate surface area is 151 Å². The molecule has 114 valence electrons. The number of ether oxygens (including phenoxy) is 1. The maximum atomic E-state index is 12.1. The van der Waals surface area contributed by atoms with Gasteiger partial charge in [0.25, 0.3) is 0 Å². The van der Waals surface area contributed by atoms with Crippen molar-refractivity contribution in [1.29, 1.82) is 0 Å². The topological polar surface area (TPSA) is 98.7 Å². The summed E-state index contributed by atoms with van der Waals surface area (Å²) in [7, 11) is 0. The van der Waals surface area contributed by atoms with Crippen LogP contribution in [0.3, 0.4) is 0 Å². The van der Waals surface area contributed by atoms with Gasteiger partial charge in [-0.15, -0.1) is 0 Å².